The summed E-state index contributed by atoms with van der Waals surface area (Å²) in [5.41, 5.74) is 7.87. The largest absolute Gasteiger partial charge is 0.439 e. The van der Waals surface area contributed by atoms with Crippen molar-refractivity contribution >= 4 is 22.7 Å². The minimum Gasteiger partial charge on any atom is -0.439 e. The van der Waals surface area contributed by atoms with Gasteiger partial charge in [-0.15, -0.1) is 0 Å². The predicted octanol–water partition coefficient (Wildman–Crippen LogP) is 1.12. The standard InChI is InChI=1S/C14H18N4O2/c1-16-14(19)10-5-3-7-18(10)8-12-17-13-9(15)4-2-6-11(13)20-12/h2,4,6,10H,3,5,7-8,15H2,1H3,(H,16,19). The normalized spacial score (nSPS) is 19.6. The second-order valence-electron chi connectivity index (χ2n) is 5.04. The van der Waals surface area contributed by atoms with E-state index < -0.39 is 0 Å². The van der Waals surface area contributed by atoms with E-state index in [4.69, 9.17) is 10.2 Å². The first-order chi connectivity index (χ1) is 9.69. The van der Waals surface area contributed by atoms with E-state index in [9.17, 15) is 4.79 Å². The van der Waals surface area contributed by atoms with Crippen molar-refractivity contribution in [2.75, 3.05) is 19.3 Å². The lowest BCUT2D eigenvalue weighted by atomic mass is 10.2. The molecule has 1 atom stereocenters. The van der Waals surface area contributed by atoms with Crippen LogP contribution in [-0.2, 0) is 11.3 Å². The van der Waals surface area contributed by atoms with Gasteiger partial charge in [-0.05, 0) is 31.5 Å². The number of hydrogen-bond acceptors (Lipinski definition) is 5. The van der Waals surface area contributed by atoms with Crippen molar-refractivity contribution in [3.05, 3.63) is 24.1 Å². The van der Waals surface area contributed by atoms with Gasteiger partial charge in [0.1, 0.15) is 5.52 Å². The average Bonchev–Trinajstić information content (AvgIpc) is 3.05. The van der Waals surface area contributed by atoms with Crippen LogP contribution >= 0.6 is 0 Å². The molecule has 1 saturated heterocycles. The number of para-hydroxylation sites is 1. The van der Waals surface area contributed by atoms with Gasteiger partial charge in [0.05, 0.1) is 18.3 Å². The number of nitrogen functional groups attached to an aromatic ring is 1. The Morgan fingerprint density at radius 3 is 3.20 bits per heavy atom. The molecule has 1 aliphatic rings. The molecule has 2 aromatic rings. The summed E-state index contributed by atoms with van der Waals surface area (Å²) in [6.07, 6.45) is 1.89. The number of rotatable bonds is 3. The lowest BCUT2D eigenvalue weighted by molar-refractivity contribution is -0.125. The van der Waals surface area contributed by atoms with E-state index in [0.29, 0.717) is 29.2 Å². The Bertz CT molecular complexity index is 637. The number of amides is 1. The molecule has 20 heavy (non-hydrogen) atoms. The Morgan fingerprint density at radius 2 is 2.45 bits per heavy atom. The van der Waals surface area contributed by atoms with E-state index in [1.807, 2.05) is 12.1 Å². The number of hydrogen-bond donors (Lipinski definition) is 2. The van der Waals surface area contributed by atoms with Gasteiger partial charge in [-0.2, -0.15) is 0 Å². The Labute approximate surface area is 116 Å². The Hall–Kier alpha value is -2.08. The number of nitrogens with zero attached hydrogens (tertiary/aromatic N) is 2. The highest BCUT2D eigenvalue weighted by molar-refractivity contribution is 5.85. The Kier molecular flexibility index (Phi) is 3.31. The minimum absolute atomic E-state index is 0.0538. The van der Waals surface area contributed by atoms with Gasteiger partial charge >= 0.3 is 0 Å². The van der Waals surface area contributed by atoms with E-state index in [2.05, 4.69) is 15.2 Å². The van der Waals surface area contributed by atoms with Gasteiger partial charge in [-0.1, -0.05) is 6.07 Å². The summed E-state index contributed by atoms with van der Waals surface area (Å²) in [4.78, 5) is 18.3. The zero-order chi connectivity index (χ0) is 14.1. The molecule has 1 unspecified atom stereocenters. The first kappa shape index (κ1) is 12.9. The van der Waals surface area contributed by atoms with Crippen molar-refractivity contribution in [3.63, 3.8) is 0 Å². The number of benzene rings is 1. The number of likely N-dealkylation sites (tertiary alicyclic amines) is 1. The highest BCUT2D eigenvalue weighted by atomic mass is 16.3. The zero-order valence-electron chi connectivity index (χ0n) is 11.4. The molecule has 106 valence electrons. The lowest BCUT2D eigenvalue weighted by Crippen LogP contribution is -2.41. The van der Waals surface area contributed by atoms with Crippen molar-refractivity contribution in [1.29, 1.82) is 0 Å². The van der Waals surface area contributed by atoms with Gasteiger partial charge in [0.2, 0.25) is 11.8 Å². The fraction of sp³-hybridized carbons (Fsp3) is 0.429. The van der Waals surface area contributed by atoms with E-state index in [-0.39, 0.29) is 11.9 Å². The van der Waals surface area contributed by atoms with Crippen molar-refractivity contribution in [2.45, 2.75) is 25.4 Å². The molecule has 1 aromatic heterocycles. The molecule has 6 nitrogen and oxygen atoms in total. The molecule has 0 bridgehead atoms. The average molecular weight is 274 g/mol. The summed E-state index contributed by atoms with van der Waals surface area (Å²) >= 11 is 0. The maximum absolute atomic E-state index is 11.8. The number of fused-ring (bicyclic) bond motifs is 1. The summed E-state index contributed by atoms with van der Waals surface area (Å²) < 4.78 is 5.71. The van der Waals surface area contributed by atoms with Crippen molar-refractivity contribution in [2.24, 2.45) is 0 Å². The fourth-order valence-corrected chi connectivity index (χ4v) is 2.74. The lowest BCUT2D eigenvalue weighted by Gasteiger charge is -2.21. The van der Waals surface area contributed by atoms with Crippen molar-refractivity contribution in [3.8, 4) is 0 Å². The third-order valence-corrected chi connectivity index (χ3v) is 3.75. The van der Waals surface area contributed by atoms with E-state index >= 15 is 0 Å². The van der Waals surface area contributed by atoms with Crippen LogP contribution < -0.4 is 11.1 Å². The van der Waals surface area contributed by atoms with Crippen LogP contribution in [0.2, 0.25) is 0 Å². The number of carbonyl (C=O) groups excluding carboxylic acids is 1. The van der Waals surface area contributed by atoms with Crippen LogP contribution in [0, 0.1) is 0 Å². The fourth-order valence-electron chi connectivity index (χ4n) is 2.74. The van der Waals surface area contributed by atoms with Crippen LogP contribution in [0.25, 0.3) is 11.1 Å². The Morgan fingerprint density at radius 1 is 1.60 bits per heavy atom. The van der Waals surface area contributed by atoms with Gasteiger partial charge in [-0.3, -0.25) is 9.69 Å². The van der Waals surface area contributed by atoms with Crippen LogP contribution in [0.4, 0.5) is 5.69 Å². The van der Waals surface area contributed by atoms with Crippen LogP contribution in [0.3, 0.4) is 0 Å². The van der Waals surface area contributed by atoms with Crippen LogP contribution in [0.1, 0.15) is 18.7 Å². The summed E-state index contributed by atoms with van der Waals surface area (Å²) in [5.74, 6) is 0.659. The van der Waals surface area contributed by atoms with Gasteiger partial charge in [0.15, 0.2) is 5.58 Å². The number of carbonyl (C=O) groups is 1. The molecule has 0 radical (unpaired) electrons. The summed E-state index contributed by atoms with van der Waals surface area (Å²) in [5, 5.41) is 2.71. The summed E-state index contributed by atoms with van der Waals surface area (Å²) in [7, 11) is 1.67. The molecule has 6 heteroatoms. The van der Waals surface area contributed by atoms with Crippen LogP contribution in [-0.4, -0.2) is 35.4 Å². The van der Waals surface area contributed by atoms with Crippen LogP contribution in [0.15, 0.2) is 22.6 Å². The molecule has 3 N–H and O–H groups in total. The van der Waals surface area contributed by atoms with Crippen LogP contribution in [0.5, 0.6) is 0 Å². The van der Waals surface area contributed by atoms with Gasteiger partial charge in [0.25, 0.3) is 0 Å². The minimum atomic E-state index is -0.0904. The molecule has 0 saturated carbocycles. The third kappa shape index (κ3) is 2.22. The van der Waals surface area contributed by atoms with Crippen molar-refractivity contribution in [1.82, 2.24) is 15.2 Å². The topological polar surface area (TPSA) is 84.4 Å². The molecule has 1 fully saturated rings. The Balaban J connectivity index is 1.82. The number of aromatic nitrogens is 1. The van der Waals surface area contributed by atoms with Gasteiger partial charge in [-0.25, -0.2) is 4.98 Å². The number of oxazole rings is 1. The number of nitrogens with one attached hydrogen (secondary N) is 1. The maximum Gasteiger partial charge on any atom is 0.237 e. The molecular weight excluding hydrogens is 256 g/mol. The van der Waals surface area contributed by atoms with E-state index in [1.54, 1.807) is 13.1 Å². The number of anilines is 1. The maximum atomic E-state index is 11.8. The molecular formula is C14H18N4O2. The van der Waals surface area contributed by atoms with Gasteiger partial charge < -0.3 is 15.5 Å². The zero-order valence-corrected chi connectivity index (χ0v) is 11.4. The summed E-state index contributed by atoms with van der Waals surface area (Å²) in [6.45, 7) is 1.42. The smallest absolute Gasteiger partial charge is 0.237 e. The number of nitrogens with two attached hydrogens (primary N) is 1. The number of likely N-dealkylation sites (N-methyl/N-ethyl adjacent to an activating group) is 1. The molecule has 1 aromatic carbocycles. The van der Waals surface area contributed by atoms with E-state index in [0.717, 1.165) is 19.4 Å². The molecule has 0 spiro atoms. The quantitative estimate of drug-likeness (QED) is 0.819. The van der Waals surface area contributed by atoms with E-state index in [1.165, 1.54) is 0 Å². The van der Waals surface area contributed by atoms with Gasteiger partial charge in [0, 0.05) is 7.05 Å². The van der Waals surface area contributed by atoms with Crippen molar-refractivity contribution < 1.29 is 9.21 Å². The highest BCUT2D eigenvalue weighted by Crippen LogP contribution is 2.24. The molecule has 2 heterocycles. The molecule has 1 amide bonds. The summed E-state index contributed by atoms with van der Waals surface area (Å²) in [6, 6.07) is 5.41. The predicted molar refractivity (Wildman–Crippen MR) is 75.9 cm³/mol. The molecule has 3 rings (SSSR count). The first-order valence-electron chi connectivity index (χ1n) is 6.78. The highest BCUT2D eigenvalue weighted by Gasteiger charge is 2.31. The first-order valence-corrected chi connectivity index (χ1v) is 6.78. The second-order valence-corrected chi connectivity index (χ2v) is 5.04. The second kappa shape index (κ2) is 5.13. The monoisotopic (exact) mass is 274 g/mol. The third-order valence-electron chi connectivity index (χ3n) is 3.75. The molecule has 1 aliphatic heterocycles. The SMILES string of the molecule is CNC(=O)C1CCCN1Cc1nc2c(N)cccc2o1. The molecule has 0 aliphatic carbocycles.